The van der Waals surface area contributed by atoms with Crippen LogP contribution in [0.1, 0.15) is 33.9 Å². The molecule has 1 saturated heterocycles. The second-order valence-corrected chi connectivity index (χ2v) is 11.3. The van der Waals surface area contributed by atoms with E-state index in [1.165, 1.54) is 42.7 Å². The fourth-order valence-electron chi connectivity index (χ4n) is 5.19. The van der Waals surface area contributed by atoms with Gasteiger partial charge in [-0.15, -0.1) is 11.3 Å². The Labute approximate surface area is 262 Å². The smallest absolute Gasteiger partial charge is 0.267 e. The lowest BCUT2D eigenvalue weighted by Gasteiger charge is -2.34. The molecule has 0 radical (unpaired) electrons. The van der Waals surface area contributed by atoms with E-state index in [-0.39, 0.29) is 28.7 Å². The minimum absolute atomic E-state index is 0.0938. The summed E-state index contributed by atoms with van der Waals surface area (Å²) in [6.07, 6.45) is 7.63. The first-order chi connectivity index (χ1) is 21.8. The van der Waals surface area contributed by atoms with E-state index in [1.54, 1.807) is 42.1 Å². The Morgan fingerprint density at radius 2 is 1.93 bits per heavy atom. The first-order valence-corrected chi connectivity index (χ1v) is 14.7. The number of benzene rings is 2. The van der Waals surface area contributed by atoms with Crippen LogP contribution in [0.2, 0.25) is 0 Å². The van der Waals surface area contributed by atoms with Crippen LogP contribution in [-0.2, 0) is 11.3 Å². The molecule has 11 nitrogen and oxygen atoms in total. The summed E-state index contributed by atoms with van der Waals surface area (Å²) in [6, 6.07) is 13.4. The third kappa shape index (κ3) is 6.92. The van der Waals surface area contributed by atoms with Gasteiger partial charge in [-0.05, 0) is 54.3 Å². The Morgan fingerprint density at radius 1 is 1.16 bits per heavy atom. The van der Waals surface area contributed by atoms with Gasteiger partial charge >= 0.3 is 0 Å². The Hall–Kier alpha value is -5.34. The number of piperidine rings is 1. The van der Waals surface area contributed by atoms with E-state index >= 15 is 0 Å². The van der Waals surface area contributed by atoms with Crippen LogP contribution in [0.5, 0.6) is 11.5 Å². The number of pyridine rings is 1. The zero-order chi connectivity index (χ0) is 31.9. The molecule has 4 aromatic rings. The minimum Gasteiger partial charge on any atom is -0.504 e. The Balaban J connectivity index is 1.38. The van der Waals surface area contributed by atoms with Gasteiger partial charge in [-0.3, -0.25) is 10.0 Å². The van der Waals surface area contributed by atoms with E-state index < -0.39 is 11.7 Å². The molecule has 0 saturated carbocycles. The van der Waals surface area contributed by atoms with Crippen LogP contribution >= 0.6 is 11.3 Å². The number of ether oxygens (including phenoxy) is 1. The van der Waals surface area contributed by atoms with Gasteiger partial charge in [-0.1, -0.05) is 12.1 Å². The average Bonchev–Trinajstić information content (AvgIpc) is 3.53. The maximum atomic E-state index is 14.8. The molecule has 13 heteroatoms. The number of nitriles is 2. The van der Waals surface area contributed by atoms with Crippen molar-refractivity contribution in [1.82, 2.24) is 20.8 Å². The second-order valence-electron chi connectivity index (χ2n) is 10.2. The van der Waals surface area contributed by atoms with Crippen LogP contribution in [0.25, 0.3) is 28.3 Å². The molecule has 2 aromatic heterocycles. The number of rotatable bonds is 9. The second kappa shape index (κ2) is 14.0. The molecular weight excluding hydrogens is 597 g/mol. The molecule has 1 aliphatic rings. The monoisotopic (exact) mass is 625 g/mol. The van der Waals surface area contributed by atoms with Crippen molar-refractivity contribution in [2.75, 3.05) is 25.1 Å². The standard InChI is InChI=1S/C32H28FN7O4S/c1-44-28-6-4-19(13-27(28)41)25-17-38-32(24(15-35)31(25)20-2-3-21(14-34)26(33)12-20)40-10-8-22(9-11-40)36-18-30-37-16-23(45-30)5-7-29(42)39-43/h2-7,12-13,16-17,22,36,41,43H,8-11,18H2,1H3,(H,39,42)/b7-5+. The van der Waals surface area contributed by atoms with E-state index in [4.69, 9.17) is 9.94 Å². The van der Waals surface area contributed by atoms with E-state index in [0.717, 1.165) is 22.7 Å². The molecule has 3 heterocycles. The zero-order valence-corrected chi connectivity index (χ0v) is 24.9. The van der Waals surface area contributed by atoms with Gasteiger partial charge in [-0.2, -0.15) is 10.5 Å². The quantitative estimate of drug-likeness (QED) is 0.116. The van der Waals surface area contributed by atoms with Gasteiger partial charge in [0.15, 0.2) is 11.5 Å². The molecule has 0 unspecified atom stereocenters. The number of methoxy groups -OCH3 is 1. The molecule has 0 aliphatic carbocycles. The van der Waals surface area contributed by atoms with Gasteiger partial charge < -0.3 is 20.1 Å². The number of hydroxylamine groups is 1. The molecule has 2 aromatic carbocycles. The molecule has 45 heavy (non-hydrogen) atoms. The van der Waals surface area contributed by atoms with Gasteiger partial charge in [0.2, 0.25) is 0 Å². The normalized spacial score (nSPS) is 13.4. The van der Waals surface area contributed by atoms with E-state index in [2.05, 4.69) is 21.4 Å². The van der Waals surface area contributed by atoms with Crippen LogP contribution in [0.3, 0.4) is 0 Å². The lowest BCUT2D eigenvalue weighted by molar-refractivity contribution is -0.124. The number of halogens is 1. The fraction of sp³-hybridized carbons (Fsp3) is 0.219. The molecule has 4 N–H and O–H groups in total. The minimum atomic E-state index is -0.702. The van der Waals surface area contributed by atoms with Crippen molar-refractivity contribution >= 4 is 29.1 Å². The molecule has 0 spiro atoms. The third-order valence-electron chi connectivity index (χ3n) is 7.46. The molecule has 0 atom stereocenters. The molecule has 5 rings (SSSR count). The number of amides is 1. The van der Waals surface area contributed by atoms with Crippen molar-refractivity contribution in [2.45, 2.75) is 25.4 Å². The first kappa shape index (κ1) is 31.1. The van der Waals surface area contributed by atoms with Gasteiger partial charge in [0.05, 0.1) is 12.7 Å². The highest BCUT2D eigenvalue weighted by molar-refractivity contribution is 7.12. The Bertz CT molecular complexity index is 1840. The number of nitrogens with zero attached hydrogens (tertiary/aromatic N) is 5. The van der Waals surface area contributed by atoms with Crippen LogP contribution < -0.4 is 20.4 Å². The van der Waals surface area contributed by atoms with Gasteiger partial charge in [0, 0.05) is 60.1 Å². The predicted octanol–water partition coefficient (Wildman–Crippen LogP) is 4.75. The first-order valence-electron chi connectivity index (χ1n) is 13.9. The number of anilines is 1. The van der Waals surface area contributed by atoms with Crippen molar-refractivity contribution in [3.8, 4) is 45.9 Å². The zero-order valence-electron chi connectivity index (χ0n) is 24.1. The van der Waals surface area contributed by atoms with Crippen molar-refractivity contribution in [3.05, 3.63) is 81.7 Å². The van der Waals surface area contributed by atoms with Gasteiger partial charge in [0.25, 0.3) is 5.91 Å². The number of phenols is 1. The summed E-state index contributed by atoms with van der Waals surface area (Å²) < 4.78 is 20.0. The average molecular weight is 626 g/mol. The molecule has 1 aliphatic heterocycles. The highest BCUT2D eigenvalue weighted by Crippen LogP contribution is 2.41. The molecule has 0 bridgehead atoms. The molecule has 1 amide bonds. The highest BCUT2D eigenvalue weighted by Gasteiger charge is 2.26. The van der Waals surface area contributed by atoms with Crippen LogP contribution in [-0.4, -0.2) is 52.4 Å². The summed E-state index contributed by atoms with van der Waals surface area (Å²) in [7, 11) is 1.44. The number of carbonyl (C=O) groups excluding carboxylic acids is 1. The summed E-state index contributed by atoms with van der Waals surface area (Å²) in [5.41, 5.74) is 3.63. The fourth-order valence-corrected chi connectivity index (χ4v) is 5.96. The largest absolute Gasteiger partial charge is 0.504 e. The number of hydrogen-bond donors (Lipinski definition) is 4. The van der Waals surface area contributed by atoms with Gasteiger partial charge in [0.1, 0.15) is 34.3 Å². The predicted molar refractivity (Wildman–Crippen MR) is 166 cm³/mol. The third-order valence-corrected chi connectivity index (χ3v) is 8.42. The van der Waals surface area contributed by atoms with Crippen molar-refractivity contribution in [1.29, 1.82) is 10.5 Å². The van der Waals surface area contributed by atoms with Crippen molar-refractivity contribution in [3.63, 3.8) is 0 Å². The van der Waals surface area contributed by atoms with Gasteiger partial charge in [-0.25, -0.2) is 19.8 Å². The number of carbonyl (C=O) groups is 1. The Morgan fingerprint density at radius 3 is 2.60 bits per heavy atom. The number of aromatic nitrogens is 2. The summed E-state index contributed by atoms with van der Waals surface area (Å²) in [5, 5.41) is 43.1. The summed E-state index contributed by atoms with van der Waals surface area (Å²) in [5.74, 6) is -0.656. The van der Waals surface area contributed by atoms with Crippen molar-refractivity contribution in [2.24, 2.45) is 0 Å². The van der Waals surface area contributed by atoms with Crippen LogP contribution in [0.4, 0.5) is 10.2 Å². The van der Waals surface area contributed by atoms with Crippen molar-refractivity contribution < 1.29 is 24.2 Å². The summed E-state index contributed by atoms with van der Waals surface area (Å²) in [6.45, 7) is 1.78. The van der Waals surface area contributed by atoms with E-state index in [0.29, 0.717) is 47.7 Å². The molecule has 1 fully saturated rings. The lowest BCUT2D eigenvalue weighted by Crippen LogP contribution is -2.42. The molecule has 228 valence electrons. The van der Waals surface area contributed by atoms with Crippen LogP contribution in [0, 0.1) is 28.5 Å². The van der Waals surface area contributed by atoms with E-state index in [1.807, 2.05) is 11.0 Å². The SMILES string of the molecule is COc1ccc(-c2cnc(N3CCC(NCc4ncc(/C=C/C(=O)NO)s4)CC3)c(C#N)c2-c2ccc(C#N)c(F)c2)cc1O. The summed E-state index contributed by atoms with van der Waals surface area (Å²) >= 11 is 1.44. The highest BCUT2D eigenvalue weighted by atomic mass is 32.1. The topological polar surface area (TPSA) is 167 Å². The van der Waals surface area contributed by atoms with E-state index in [9.17, 15) is 24.8 Å². The molecular formula is C32H28FN7O4S. The number of nitrogens with one attached hydrogen (secondary N) is 2. The van der Waals surface area contributed by atoms with Crippen LogP contribution in [0.15, 0.2) is 54.9 Å². The maximum absolute atomic E-state index is 14.8. The number of phenolic OH excluding ortho intramolecular Hbond substituents is 1. The Kier molecular flexibility index (Phi) is 9.65. The number of thiazole rings is 1. The summed E-state index contributed by atoms with van der Waals surface area (Å²) in [4.78, 5) is 23.1. The lowest BCUT2D eigenvalue weighted by atomic mass is 9.91. The maximum Gasteiger partial charge on any atom is 0.267 e. The number of aromatic hydroxyl groups is 1. The number of hydrogen-bond acceptors (Lipinski definition) is 11.